The minimum atomic E-state index is -0.0452. The maximum Gasteiger partial charge on any atom is 0.234 e. The number of unbranched alkanes of at least 4 members (excludes halogenated alkanes) is 1. The van der Waals surface area contributed by atoms with Crippen LogP contribution in [0.15, 0.2) is 30.3 Å². The summed E-state index contributed by atoms with van der Waals surface area (Å²) in [4.78, 5) is 0. The standard InChI is InChI=1S/C26H37N3O3/c1-2-3-9-24-23(16-26(29-28-24)32-25-14-15-27-17-20(25)18-30)19-10-12-22(13-11-19)31-21-7-5-4-6-8-21/h10-13,16,20-21,25,27,30H,2-9,14-15,17-18H2,1H3. The summed E-state index contributed by atoms with van der Waals surface area (Å²) >= 11 is 0. The van der Waals surface area contributed by atoms with Crippen LogP contribution in [0.1, 0.15) is 64.0 Å². The predicted molar refractivity (Wildman–Crippen MR) is 126 cm³/mol. The molecule has 174 valence electrons. The fourth-order valence-corrected chi connectivity index (χ4v) is 4.72. The molecule has 2 atom stereocenters. The number of nitrogens with one attached hydrogen (secondary N) is 1. The van der Waals surface area contributed by atoms with E-state index in [1.807, 2.05) is 6.07 Å². The van der Waals surface area contributed by atoms with Gasteiger partial charge in [0, 0.05) is 24.1 Å². The van der Waals surface area contributed by atoms with E-state index < -0.39 is 0 Å². The van der Waals surface area contributed by atoms with Gasteiger partial charge in [-0.1, -0.05) is 31.9 Å². The van der Waals surface area contributed by atoms with Gasteiger partial charge in [0.25, 0.3) is 0 Å². The van der Waals surface area contributed by atoms with E-state index in [1.165, 1.54) is 19.3 Å². The number of hydrogen-bond donors (Lipinski definition) is 2. The molecule has 1 aromatic heterocycles. The van der Waals surface area contributed by atoms with Gasteiger partial charge in [0.05, 0.1) is 18.4 Å². The molecule has 2 aliphatic rings. The highest BCUT2D eigenvalue weighted by Gasteiger charge is 2.27. The van der Waals surface area contributed by atoms with Crippen LogP contribution >= 0.6 is 0 Å². The molecule has 0 bridgehead atoms. The van der Waals surface area contributed by atoms with Crippen LogP contribution in [0.3, 0.4) is 0 Å². The summed E-state index contributed by atoms with van der Waals surface area (Å²) in [5, 5.41) is 21.9. The van der Waals surface area contributed by atoms with Gasteiger partial charge in [-0.25, -0.2) is 0 Å². The zero-order valence-electron chi connectivity index (χ0n) is 19.3. The Labute approximate surface area is 191 Å². The molecule has 0 spiro atoms. The molecule has 2 N–H and O–H groups in total. The van der Waals surface area contributed by atoms with Gasteiger partial charge in [-0.15, -0.1) is 5.10 Å². The van der Waals surface area contributed by atoms with Crippen molar-refractivity contribution in [3.8, 4) is 22.8 Å². The zero-order valence-corrected chi connectivity index (χ0v) is 19.3. The molecule has 1 aliphatic heterocycles. The van der Waals surface area contributed by atoms with Crippen LogP contribution in [0.4, 0.5) is 0 Å². The first-order valence-electron chi connectivity index (χ1n) is 12.4. The molecule has 6 heteroatoms. The van der Waals surface area contributed by atoms with Crippen molar-refractivity contribution in [3.05, 3.63) is 36.0 Å². The summed E-state index contributed by atoms with van der Waals surface area (Å²) in [5.74, 6) is 1.55. The fourth-order valence-electron chi connectivity index (χ4n) is 4.72. The van der Waals surface area contributed by atoms with E-state index in [-0.39, 0.29) is 18.6 Å². The molecule has 2 unspecified atom stereocenters. The lowest BCUT2D eigenvalue weighted by molar-refractivity contribution is 0.0588. The molecule has 1 aliphatic carbocycles. The number of aliphatic hydroxyl groups is 1. The second-order valence-corrected chi connectivity index (χ2v) is 9.14. The maximum absolute atomic E-state index is 9.69. The van der Waals surface area contributed by atoms with Gasteiger partial charge in [0.15, 0.2) is 0 Å². The Morgan fingerprint density at radius 2 is 1.84 bits per heavy atom. The van der Waals surface area contributed by atoms with Crippen molar-refractivity contribution in [3.63, 3.8) is 0 Å². The summed E-state index contributed by atoms with van der Waals surface area (Å²) in [7, 11) is 0. The van der Waals surface area contributed by atoms with Gasteiger partial charge in [-0.05, 0) is 69.2 Å². The first-order chi connectivity index (χ1) is 15.8. The number of piperidine rings is 1. The molecule has 6 nitrogen and oxygen atoms in total. The smallest absolute Gasteiger partial charge is 0.234 e. The summed E-state index contributed by atoms with van der Waals surface area (Å²) < 4.78 is 12.4. The molecule has 0 radical (unpaired) electrons. The lowest BCUT2D eigenvalue weighted by Gasteiger charge is -2.30. The van der Waals surface area contributed by atoms with Gasteiger partial charge in [0.1, 0.15) is 11.9 Å². The van der Waals surface area contributed by atoms with Crippen molar-refractivity contribution in [2.45, 2.75) is 76.9 Å². The van der Waals surface area contributed by atoms with E-state index in [0.29, 0.717) is 12.0 Å². The lowest BCUT2D eigenvalue weighted by atomic mass is 9.97. The van der Waals surface area contributed by atoms with Crippen molar-refractivity contribution in [1.29, 1.82) is 0 Å². The average molecular weight is 440 g/mol. The summed E-state index contributed by atoms with van der Waals surface area (Å²) in [6.45, 7) is 3.94. The number of hydrogen-bond acceptors (Lipinski definition) is 6. The summed E-state index contributed by atoms with van der Waals surface area (Å²) in [6, 6.07) is 10.4. The number of nitrogens with zero attached hydrogens (tertiary/aromatic N) is 2. The Morgan fingerprint density at radius 1 is 1.03 bits per heavy atom. The Hall–Kier alpha value is -2.18. The van der Waals surface area contributed by atoms with Crippen LogP contribution in [0.5, 0.6) is 11.6 Å². The van der Waals surface area contributed by atoms with Gasteiger partial charge in [0.2, 0.25) is 5.88 Å². The van der Waals surface area contributed by atoms with Crippen LogP contribution < -0.4 is 14.8 Å². The lowest BCUT2D eigenvalue weighted by Crippen LogP contribution is -2.44. The number of aryl methyl sites for hydroxylation is 1. The van der Waals surface area contributed by atoms with Crippen LogP contribution in [-0.4, -0.2) is 47.2 Å². The zero-order chi connectivity index (χ0) is 22.2. The van der Waals surface area contributed by atoms with E-state index in [2.05, 4.69) is 46.7 Å². The van der Waals surface area contributed by atoms with Crippen molar-refractivity contribution in [2.24, 2.45) is 5.92 Å². The van der Waals surface area contributed by atoms with E-state index in [4.69, 9.17) is 9.47 Å². The van der Waals surface area contributed by atoms with Crippen molar-refractivity contribution in [1.82, 2.24) is 15.5 Å². The predicted octanol–water partition coefficient (Wildman–Crippen LogP) is 4.55. The monoisotopic (exact) mass is 439 g/mol. The maximum atomic E-state index is 9.69. The molecule has 2 fully saturated rings. The highest BCUT2D eigenvalue weighted by molar-refractivity contribution is 5.67. The van der Waals surface area contributed by atoms with Gasteiger partial charge in [-0.3, -0.25) is 0 Å². The third-order valence-corrected chi connectivity index (χ3v) is 6.68. The highest BCUT2D eigenvalue weighted by atomic mass is 16.5. The molecule has 4 rings (SSSR count). The first kappa shape index (κ1) is 23.0. The summed E-state index contributed by atoms with van der Waals surface area (Å²) in [6.07, 6.45) is 10.4. The molecule has 1 aromatic carbocycles. The molecule has 1 saturated carbocycles. The second kappa shape index (κ2) is 11.6. The largest absolute Gasteiger partial charge is 0.490 e. The Kier molecular flexibility index (Phi) is 8.35. The molecule has 1 saturated heterocycles. The van der Waals surface area contributed by atoms with Crippen LogP contribution in [0.25, 0.3) is 11.1 Å². The van der Waals surface area contributed by atoms with Crippen molar-refractivity contribution >= 4 is 0 Å². The van der Waals surface area contributed by atoms with Gasteiger partial charge >= 0.3 is 0 Å². The molecule has 2 heterocycles. The SMILES string of the molecule is CCCCc1nnc(OC2CCNCC2CO)cc1-c1ccc(OC2CCCCC2)cc1. The van der Waals surface area contributed by atoms with Gasteiger partial charge in [-0.2, -0.15) is 5.10 Å². The van der Waals surface area contributed by atoms with Gasteiger partial charge < -0.3 is 19.9 Å². The first-order valence-corrected chi connectivity index (χ1v) is 12.4. The number of aromatic nitrogens is 2. The van der Waals surface area contributed by atoms with Crippen LogP contribution in [0, 0.1) is 5.92 Å². The number of aliphatic hydroxyl groups excluding tert-OH is 1. The molecular weight excluding hydrogens is 402 g/mol. The van der Waals surface area contributed by atoms with Crippen LogP contribution in [0.2, 0.25) is 0 Å². The topological polar surface area (TPSA) is 76.5 Å². The second-order valence-electron chi connectivity index (χ2n) is 9.14. The van der Waals surface area contributed by atoms with E-state index in [1.54, 1.807) is 0 Å². The average Bonchev–Trinajstić information content (AvgIpc) is 2.85. The minimum Gasteiger partial charge on any atom is -0.490 e. The normalized spacial score (nSPS) is 21.9. The Balaban J connectivity index is 1.52. The third kappa shape index (κ3) is 5.99. The quantitative estimate of drug-likeness (QED) is 0.597. The number of rotatable bonds is 9. The van der Waals surface area contributed by atoms with Crippen LogP contribution in [-0.2, 0) is 6.42 Å². The van der Waals surface area contributed by atoms with E-state index in [0.717, 1.165) is 74.2 Å². The number of ether oxygens (including phenoxy) is 2. The van der Waals surface area contributed by atoms with E-state index >= 15 is 0 Å². The molecular formula is C26H37N3O3. The molecule has 2 aromatic rings. The van der Waals surface area contributed by atoms with Crippen molar-refractivity contribution < 1.29 is 14.6 Å². The Bertz CT molecular complexity index is 837. The van der Waals surface area contributed by atoms with Crippen molar-refractivity contribution in [2.75, 3.05) is 19.7 Å². The molecule has 32 heavy (non-hydrogen) atoms. The van der Waals surface area contributed by atoms with E-state index in [9.17, 15) is 5.11 Å². The highest BCUT2D eigenvalue weighted by Crippen LogP contribution is 2.30. The summed E-state index contributed by atoms with van der Waals surface area (Å²) in [5.41, 5.74) is 3.18. The minimum absolute atomic E-state index is 0.0452. The fraction of sp³-hybridized carbons (Fsp3) is 0.615. The molecule has 0 amide bonds. The number of benzene rings is 1. The third-order valence-electron chi connectivity index (χ3n) is 6.68. The Morgan fingerprint density at radius 3 is 2.59 bits per heavy atom.